The Labute approximate surface area is 185 Å². The normalized spacial score (nSPS) is 19.0. The molecule has 1 fully saturated rings. The van der Waals surface area contributed by atoms with Crippen molar-refractivity contribution in [3.8, 4) is 16.9 Å². The zero-order chi connectivity index (χ0) is 21.0. The monoisotopic (exact) mass is 405 g/mol. The maximum Gasteiger partial charge on any atom is 0.119 e. The van der Waals surface area contributed by atoms with Crippen LogP contribution in [0.15, 0.2) is 48.5 Å². The van der Waals surface area contributed by atoms with Crippen molar-refractivity contribution in [2.45, 2.75) is 89.9 Å². The van der Waals surface area contributed by atoms with E-state index in [1.54, 1.807) is 0 Å². The van der Waals surface area contributed by atoms with Gasteiger partial charge in [-0.2, -0.15) is 0 Å². The SMILES string of the molecule is [CH2]CCCCCOc1ccc(-c2ccc(C3CCC(CCCCC)CC3)cc2)cc1. The zero-order valence-corrected chi connectivity index (χ0v) is 19.1. The van der Waals surface area contributed by atoms with Gasteiger partial charge in [-0.1, -0.05) is 95.2 Å². The summed E-state index contributed by atoms with van der Waals surface area (Å²) in [5.74, 6) is 2.72. The molecule has 0 aromatic heterocycles. The van der Waals surface area contributed by atoms with Crippen LogP contribution in [0.1, 0.15) is 95.5 Å². The molecule has 0 bridgehead atoms. The summed E-state index contributed by atoms with van der Waals surface area (Å²) in [7, 11) is 0. The van der Waals surface area contributed by atoms with Crippen molar-refractivity contribution in [3.05, 3.63) is 61.0 Å². The number of hydrogen-bond donors (Lipinski definition) is 0. The van der Waals surface area contributed by atoms with Crippen LogP contribution in [-0.4, -0.2) is 6.61 Å². The quantitative estimate of drug-likeness (QED) is 0.320. The van der Waals surface area contributed by atoms with Crippen molar-refractivity contribution in [1.82, 2.24) is 0 Å². The molecule has 163 valence electrons. The third-order valence-electron chi connectivity index (χ3n) is 6.80. The molecule has 2 aromatic rings. The molecule has 0 atom stereocenters. The van der Waals surface area contributed by atoms with Gasteiger partial charge in [0.2, 0.25) is 0 Å². The first-order valence-electron chi connectivity index (χ1n) is 12.4. The van der Waals surface area contributed by atoms with Crippen molar-refractivity contribution in [2.75, 3.05) is 6.61 Å². The van der Waals surface area contributed by atoms with Crippen LogP contribution in [0.4, 0.5) is 0 Å². The molecule has 30 heavy (non-hydrogen) atoms. The maximum atomic E-state index is 5.86. The summed E-state index contributed by atoms with van der Waals surface area (Å²) in [6.07, 6.45) is 15.8. The lowest BCUT2D eigenvalue weighted by Gasteiger charge is -2.29. The van der Waals surface area contributed by atoms with Gasteiger partial charge in [0.15, 0.2) is 0 Å². The Balaban J connectivity index is 1.46. The third kappa shape index (κ3) is 7.18. The Morgan fingerprint density at radius 3 is 2.07 bits per heavy atom. The van der Waals surface area contributed by atoms with Crippen LogP contribution in [0.2, 0.25) is 0 Å². The summed E-state index contributed by atoms with van der Waals surface area (Å²) < 4.78 is 5.86. The molecule has 1 aliphatic carbocycles. The molecule has 0 heterocycles. The molecule has 0 N–H and O–H groups in total. The first-order valence-corrected chi connectivity index (χ1v) is 12.4. The Bertz CT molecular complexity index is 692. The van der Waals surface area contributed by atoms with Gasteiger partial charge in [-0.3, -0.25) is 0 Å². The summed E-state index contributed by atoms with van der Waals surface area (Å²) in [4.78, 5) is 0. The van der Waals surface area contributed by atoms with Crippen molar-refractivity contribution < 1.29 is 4.74 Å². The second kappa shape index (κ2) is 12.8. The minimum absolute atomic E-state index is 0.765. The van der Waals surface area contributed by atoms with E-state index in [4.69, 9.17) is 4.74 Å². The van der Waals surface area contributed by atoms with Crippen LogP contribution in [-0.2, 0) is 0 Å². The lowest BCUT2D eigenvalue weighted by Crippen LogP contribution is -2.13. The molecule has 1 aliphatic rings. The summed E-state index contributed by atoms with van der Waals surface area (Å²) in [5, 5.41) is 0. The van der Waals surface area contributed by atoms with Crippen molar-refractivity contribution in [3.63, 3.8) is 0 Å². The van der Waals surface area contributed by atoms with Crippen LogP contribution >= 0.6 is 0 Å². The van der Waals surface area contributed by atoms with Gasteiger partial charge in [0.05, 0.1) is 6.61 Å². The highest BCUT2D eigenvalue weighted by atomic mass is 16.5. The predicted octanol–water partition coefficient (Wildman–Crippen LogP) is 8.98. The minimum atomic E-state index is 0.765. The number of ether oxygens (including phenoxy) is 1. The number of unbranched alkanes of at least 4 members (excludes halogenated alkanes) is 5. The first-order chi connectivity index (χ1) is 14.8. The molecule has 0 saturated heterocycles. The van der Waals surface area contributed by atoms with Gasteiger partial charge >= 0.3 is 0 Å². The van der Waals surface area contributed by atoms with E-state index in [9.17, 15) is 0 Å². The summed E-state index contributed by atoms with van der Waals surface area (Å²) in [5.41, 5.74) is 4.10. The molecule has 0 aliphatic heterocycles. The molecule has 3 rings (SSSR count). The van der Waals surface area contributed by atoms with Gasteiger partial charge in [0.25, 0.3) is 0 Å². The van der Waals surface area contributed by atoms with Gasteiger partial charge in [0, 0.05) is 0 Å². The number of hydrogen-bond acceptors (Lipinski definition) is 1. The molecular formula is C29H41O. The van der Waals surface area contributed by atoms with E-state index in [0.29, 0.717) is 0 Å². The van der Waals surface area contributed by atoms with Crippen LogP contribution in [0, 0.1) is 12.8 Å². The van der Waals surface area contributed by atoms with Crippen molar-refractivity contribution in [2.24, 2.45) is 5.92 Å². The van der Waals surface area contributed by atoms with E-state index in [1.165, 1.54) is 80.9 Å². The highest BCUT2D eigenvalue weighted by molar-refractivity contribution is 5.64. The smallest absolute Gasteiger partial charge is 0.119 e. The van der Waals surface area contributed by atoms with E-state index in [2.05, 4.69) is 62.4 Å². The largest absolute Gasteiger partial charge is 0.494 e. The van der Waals surface area contributed by atoms with E-state index in [0.717, 1.165) is 37.0 Å². The highest BCUT2D eigenvalue weighted by Crippen LogP contribution is 2.38. The molecule has 0 amide bonds. The van der Waals surface area contributed by atoms with E-state index >= 15 is 0 Å². The van der Waals surface area contributed by atoms with Crippen LogP contribution in [0.3, 0.4) is 0 Å². The summed E-state index contributed by atoms with van der Waals surface area (Å²) in [6.45, 7) is 6.99. The molecule has 0 spiro atoms. The molecule has 1 nitrogen and oxygen atoms in total. The topological polar surface area (TPSA) is 9.23 Å². The fourth-order valence-electron chi connectivity index (χ4n) is 4.80. The highest BCUT2D eigenvalue weighted by Gasteiger charge is 2.22. The van der Waals surface area contributed by atoms with Gasteiger partial charge in [-0.15, -0.1) is 0 Å². The van der Waals surface area contributed by atoms with Gasteiger partial charge in [0.1, 0.15) is 5.75 Å². The molecule has 0 unspecified atom stereocenters. The fourth-order valence-corrected chi connectivity index (χ4v) is 4.80. The minimum Gasteiger partial charge on any atom is -0.494 e. The molecule has 1 saturated carbocycles. The average Bonchev–Trinajstić information content (AvgIpc) is 2.80. The predicted molar refractivity (Wildman–Crippen MR) is 130 cm³/mol. The maximum absolute atomic E-state index is 5.86. The fraction of sp³-hybridized carbons (Fsp3) is 0.552. The second-order valence-corrected chi connectivity index (χ2v) is 9.12. The van der Waals surface area contributed by atoms with E-state index in [1.807, 2.05) is 0 Å². The first kappa shape index (κ1) is 22.9. The van der Waals surface area contributed by atoms with Gasteiger partial charge < -0.3 is 4.74 Å². The molecular weight excluding hydrogens is 364 g/mol. The van der Waals surface area contributed by atoms with Gasteiger partial charge in [-0.05, 0) is 72.8 Å². The Morgan fingerprint density at radius 2 is 1.43 bits per heavy atom. The Kier molecular flexibility index (Phi) is 9.80. The lowest BCUT2D eigenvalue weighted by atomic mass is 9.77. The molecule has 1 radical (unpaired) electrons. The van der Waals surface area contributed by atoms with Crippen molar-refractivity contribution >= 4 is 0 Å². The zero-order valence-electron chi connectivity index (χ0n) is 19.1. The Hall–Kier alpha value is -1.76. The van der Waals surface area contributed by atoms with Crippen molar-refractivity contribution in [1.29, 1.82) is 0 Å². The van der Waals surface area contributed by atoms with Crippen LogP contribution < -0.4 is 4.74 Å². The summed E-state index contributed by atoms with van der Waals surface area (Å²) in [6, 6.07) is 17.9. The summed E-state index contributed by atoms with van der Waals surface area (Å²) >= 11 is 0. The standard InChI is InChI=1S/C29H41O/c1-3-5-7-9-23-30-29-21-19-28(20-22-29)27-17-15-26(16-18-27)25-13-11-24(12-14-25)10-8-6-4-2/h15-22,24-25H,1,3-14,23H2,2H3. The molecule has 2 aromatic carbocycles. The van der Waals surface area contributed by atoms with E-state index in [-0.39, 0.29) is 0 Å². The Morgan fingerprint density at radius 1 is 0.767 bits per heavy atom. The lowest BCUT2D eigenvalue weighted by molar-refractivity contribution is 0.303. The number of rotatable bonds is 12. The van der Waals surface area contributed by atoms with Crippen LogP contribution in [0.25, 0.3) is 11.1 Å². The average molecular weight is 406 g/mol. The third-order valence-corrected chi connectivity index (χ3v) is 6.80. The number of benzene rings is 2. The molecule has 1 heteroatoms. The van der Waals surface area contributed by atoms with Crippen LogP contribution in [0.5, 0.6) is 5.75 Å². The van der Waals surface area contributed by atoms with Gasteiger partial charge in [-0.25, -0.2) is 0 Å². The second-order valence-electron chi connectivity index (χ2n) is 9.12. The van der Waals surface area contributed by atoms with E-state index < -0.39 is 0 Å².